The van der Waals surface area contributed by atoms with Crippen LogP contribution in [0.2, 0.25) is 0 Å². The predicted molar refractivity (Wildman–Crippen MR) is 99.9 cm³/mol. The molecule has 0 bridgehead atoms. The normalized spacial score (nSPS) is 11.2. The van der Waals surface area contributed by atoms with Gasteiger partial charge in [0.15, 0.2) is 11.7 Å². The van der Waals surface area contributed by atoms with E-state index in [9.17, 15) is 0 Å². The van der Waals surface area contributed by atoms with Crippen LogP contribution in [-0.2, 0) is 19.5 Å². The third-order valence-electron chi connectivity index (χ3n) is 3.10. The maximum Gasteiger partial charge on any atom is 0.191 e. The van der Waals surface area contributed by atoms with Crippen LogP contribution in [0.3, 0.4) is 0 Å². The predicted octanol–water partition coefficient (Wildman–Crippen LogP) is 2.79. The number of halogens is 1. The van der Waals surface area contributed by atoms with E-state index in [4.69, 9.17) is 4.52 Å². The van der Waals surface area contributed by atoms with E-state index in [0.717, 1.165) is 34.5 Å². The molecule has 0 atom stereocenters. The first-order chi connectivity index (χ1) is 10.1. The van der Waals surface area contributed by atoms with Crippen LogP contribution >= 0.6 is 35.3 Å². The second-order valence-corrected chi connectivity index (χ2v) is 5.95. The van der Waals surface area contributed by atoms with Crippen molar-refractivity contribution in [2.24, 2.45) is 4.99 Å². The standard InChI is InChI=1S/C14H21N5OS.HI/c1-5-11-6-12(20-19-11)7-16-14(15-4)17-8-13-18-9(2)10(3)21-13;/h6H,5,7-8H2,1-4H3,(H2,15,16,17);1H. The lowest BCUT2D eigenvalue weighted by Gasteiger charge is -2.09. The average molecular weight is 435 g/mol. The van der Waals surface area contributed by atoms with Gasteiger partial charge in [0.2, 0.25) is 0 Å². The first kappa shape index (κ1) is 18.9. The summed E-state index contributed by atoms with van der Waals surface area (Å²) in [7, 11) is 1.74. The molecule has 0 aliphatic heterocycles. The lowest BCUT2D eigenvalue weighted by molar-refractivity contribution is 0.374. The Morgan fingerprint density at radius 1 is 1.32 bits per heavy atom. The van der Waals surface area contributed by atoms with Crippen molar-refractivity contribution >= 4 is 41.3 Å². The monoisotopic (exact) mass is 435 g/mol. The van der Waals surface area contributed by atoms with Gasteiger partial charge in [-0.25, -0.2) is 4.98 Å². The number of nitrogens with zero attached hydrogens (tertiary/aromatic N) is 3. The zero-order chi connectivity index (χ0) is 15.2. The van der Waals surface area contributed by atoms with E-state index in [1.807, 2.05) is 19.9 Å². The third kappa shape index (κ3) is 5.24. The van der Waals surface area contributed by atoms with Crippen molar-refractivity contribution in [2.75, 3.05) is 7.05 Å². The summed E-state index contributed by atoms with van der Waals surface area (Å²) in [6.07, 6.45) is 0.874. The molecular weight excluding hydrogens is 413 g/mol. The summed E-state index contributed by atoms with van der Waals surface area (Å²) in [6, 6.07) is 1.95. The van der Waals surface area contributed by atoms with Crippen LogP contribution in [-0.4, -0.2) is 23.1 Å². The second-order valence-electron chi connectivity index (χ2n) is 4.67. The molecule has 6 nitrogen and oxygen atoms in total. The largest absolute Gasteiger partial charge is 0.359 e. The number of nitrogens with one attached hydrogen (secondary N) is 2. The lowest BCUT2D eigenvalue weighted by atomic mass is 10.3. The molecule has 0 aliphatic rings. The lowest BCUT2D eigenvalue weighted by Crippen LogP contribution is -2.36. The number of aliphatic imine (C=N–C) groups is 1. The van der Waals surface area contributed by atoms with E-state index >= 15 is 0 Å². The molecule has 2 rings (SSSR count). The smallest absolute Gasteiger partial charge is 0.191 e. The van der Waals surface area contributed by atoms with Gasteiger partial charge < -0.3 is 15.2 Å². The van der Waals surface area contributed by atoms with E-state index in [0.29, 0.717) is 13.1 Å². The number of rotatable bonds is 5. The van der Waals surface area contributed by atoms with Crippen molar-refractivity contribution in [3.8, 4) is 0 Å². The van der Waals surface area contributed by atoms with Gasteiger partial charge in [0.05, 0.1) is 24.5 Å². The molecule has 0 spiro atoms. The Balaban J connectivity index is 0.00000242. The summed E-state index contributed by atoms with van der Waals surface area (Å²) in [4.78, 5) is 9.93. The van der Waals surface area contributed by atoms with Gasteiger partial charge in [-0.15, -0.1) is 35.3 Å². The van der Waals surface area contributed by atoms with E-state index < -0.39 is 0 Å². The van der Waals surface area contributed by atoms with Crippen molar-refractivity contribution in [1.82, 2.24) is 20.8 Å². The summed E-state index contributed by atoms with van der Waals surface area (Å²) in [5.41, 5.74) is 2.05. The van der Waals surface area contributed by atoms with Crippen LogP contribution in [0.1, 0.15) is 34.0 Å². The Kier molecular flexibility index (Phi) is 7.80. The van der Waals surface area contributed by atoms with E-state index in [1.54, 1.807) is 18.4 Å². The van der Waals surface area contributed by atoms with Crippen molar-refractivity contribution in [3.63, 3.8) is 0 Å². The van der Waals surface area contributed by atoms with Gasteiger partial charge in [-0.3, -0.25) is 4.99 Å². The molecule has 122 valence electrons. The molecular formula is C14H22IN5OS. The van der Waals surface area contributed by atoms with Gasteiger partial charge in [-0.1, -0.05) is 12.1 Å². The molecule has 2 aromatic rings. The Bertz CT molecular complexity index is 603. The summed E-state index contributed by atoms with van der Waals surface area (Å²) in [5.74, 6) is 1.52. The summed E-state index contributed by atoms with van der Waals surface area (Å²) in [5, 5.41) is 11.5. The molecule has 0 saturated heterocycles. The van der Waals surface area contributed by atoms with Gasteiger partial charge in [0.25, 0.3) is 0 Å². The maximum atomic E-state index is 5.23. The highest BCUT2D eigenvalue weighted by molar-refractivity contribution is 14.0. The van der Waals surface area contributed by atoms with Crippen molar-refractivity contribution in [2.45, 2.75) is 40.3 Å². The minimum Gasteiger partial charge on any atom is -0.359 e. The molecule has 0 aromatic carbocycles. The number of aromatic nitrogens is 2. The van der Waals surface area contributed by atoms with Gasteiger partial charge in [-0.05, 0) is 20.3 Å². The highest BCUT2D eigenvalue weighted by Crippen LogP contribution is 2.15. The van der Waals surface area contributed by atoms with E-state index in [1.165, 1.54) is 4.88 Å². The number of hydrogen-bond donors (Lipinski definition) is 2. The topological polar surface area (TPSA) is 75.3 Å². The Labute approximate surface area is 151 Å². The van der Waals surface area contributed by atoms with Crippen molar-refractivity contribution in [3.05, 3.63) is 33.1 Å². The first-order valence-electron chi connectivity index (χ1n) is 6.94. The average Bonchev–Trinajstić information content (AvgIpc) is 3.06. The Hall–Kier alpha value is -1.16. The molecule has 8 heteroatoms. The highest BCUT2D eigenvalue weighted by Gasteiger charge is 2.06. The minimum absolute atomic E-state index is 0. The summed E-state index contributed by atoms with van der Waals surface area (Å²) < 4.78 is 5.23. The highest BCUT2D eigenvalue weighted by atomic mass is 127. The van der Waals surface area contributed by atoms with Gasteiger partial charge in [0, 0.05) is 18.0 Å². The molecule has 0 aliphatic carbocycles. The molecule has 2 heterocycles. The molecule has 2 N–H and O–H groups in total. The zero-order valence-corrected chi connectivity index (χ0v) is 16.4. The summed E-state index contributed by atoms with van der Waals surface area (Å²) >= 11 is 1.70. The van der Waals surface area contributed by atoms with Crippen molar-refractivity contribution < 1.29 is 4.52 Å². The van der Waals surface area contributed by atoms with Gasteiger partial charge in [-0.2, -0.15) is 0 Å². The quantitative estimate of drug-likeness (QED) is 0.429. The fourth-order valence-corrected chi connectivity index (χ4v) is 2.64. The number of aryl methyl sites for hydroxylation is 3. The molecule has 2 aromatic heterocycles. The summed E-state index contributed by atoms with van der Waals surface area (Å²) in [6.45, 7) is 7.38. The Morgan fingerprint density at radius 2 is 2.05 bits per heavy atom. The molecule has 0 saturated carbocycles. The minimum atomic E-state index is 0. The van der Waals surface area contributed by atoms with Gasteiger partial charge >= 0.3 is 0 Å². The van der Waals surface area contributed by atoms with Crippen LogP contribution in [0.4, 0.5) is 0 Å². The molecule has 0 unspecified atom stereocenters. The maximum absolute atomic E-state index is 5.23. The van der Waals surface area contributed by atoms with E-state index in [-0.39, 0.29) is 24.0 Å². The third-order valence-corrected chi connectivity index (χ3v) is 4.18. The number of thiazole rings is 1. The van der Waals surface area contributed by atoms with Crippen LogP contribution in [0, 0.1) is 13.8 Å². The first-order valence-corrected chi connectivity index (χ1v) is 7.76. The molecule has 0 fully saturated rings. The van der Waals surface area contributed by atoms with Crippen LogP contribution < -0.4 is 10.6 Å². The second kappa shape index (κ2) is 9.09. The number of guanidine groups is 1. The van der Waals surface area contributed by atoms with Crippen LogP contribution in [0.15, 0.2) is 15.6 Å². The van der Waals surface area contributed by atoms with Gasteiger partial charge in [0.1, 0.15) is 5.01 Å². The SMILES string of the molecule is CCc1cc(CNC(=NC)NCc2nc(C)c(C)s2)on1.I. The zero-order valence-electron chi connectivity index (χ0n) is 13.3. The fourth-order valence-electron chi connectivity index (χ4n) is 1.77. The van der Waals surface area contributed by atoms with Crippen LogP contribution in [0.25, 0.3) is 0 Å². The molecule has 22 heavy (non-hydrogen) atoms. The molecule has 0 radical (unpaired) electrons. The molecule has 0 amide bonds. The number of hydrogen-bond acceptors (Lipinski definition) is 5. The Morgan fingerprint density at radius 3 is 2.59 bits per heavy atom. The van der Waals surface area contributed by atoms with E-state index in [2.05, 4.69) is 32.7 Å². The fraction of sp³-hybridized carbons (Fsp3) is 0.500. The van der Waals surface area contributed by atoms with Crippen molar-refractivity contribution in [1.29, 1.82) is 0 Å². The van der Waals surface area contributed by atoms with Crippen LogP contribution in [0.5, 0.6) is 0 Å².